The van der Waals surface area contributed by atoms with Crippen LogP contribution in [0.3, 0.4) is 0 Å². The maximum absolute atomic E-state index is 11.2. The summed E-state index contributed by atoms with van der Waals surface area (Å²) in [6.07, 6.45) is 3.97. The van der Waals surface area contributed by atoms with Gasteiger partial charge in [-0.2, -0.15) is 0 Å². The lowest BCUT2D eigenvalue weighted by molar-refractivity contribution is 0.129. The Hall–Kier alpha value is -0.330. The fourth-order valence-corrected chi connectivity index (χ4v) is 2.93. The zero-order chi connectivity index (χ0) is 10.7. The number of rotatable bonds is 3. The van der Waals surface area contributed by atoms with E-state index < -0.39 is 0 Å². The minimum Gasteiger partial charge on any atom is -0.377 e. The third-order valence-electron chi connectivity index (χ3n) is 2.19. The van der Waals surface area contributed by atoms with Gasteiger partial charge in [0, 0.05) is 12.4 Å². The van der Waals surface area contributed by atoms with E-state index in [1.165, 1.54) is 6.33 Å². The van der Waals surface area contributed by atoms with Crippen LogP contribution in [0.25, 0.3) is 0 Å². The molecule has 1 saturated heterocycles. The first kappa shape index (κ1) is 11.2. The van der Waals surface area contributed by atoms with Gasteiger partial charge in [-0.15, -0.1) is 11.8 Å². The van der Waals surface area contributed by atoms with Gasteiger partial charge in [0.15, 0.2) is 0 Å². The molecule has 1 aromatic heterocycles. The van der Waals surface area contributed by atoms with Gasteiger partial charge in [0.1, 0.15) is 9.50 Å². The molecule has 1 aliphatic rings. The normalized spacial score (nSPS) is 20.7. The zero-order valence-electron chi connectivity index (χ0n) is 8.03. The van der Waals surface area contributed by atoms with E-state index in [4.69, 9.17) is 4.74 Å². The maximum atomic E-state index is 11.2. The van der Waals surface area contributed by atoms with E-state index in [-0.39, 0.29) is 5.56 Å². The van der Waals surface area contributed by atoms with Crippen molar-refractivity contribution in [1.29, 1.82) is 0 Å². The van der Waals surface area contributed by atoms with Crippen LogP contribution in [0.5, 0.6) is 0 Å². The molecule has 1 atom stereocenters. The van der Waals surface area contributed by atoms with Crippen LogP contribution in [-0.2, 0) is 4.74 Å². The molecule has 15 heavy (non-hydrogen) atoms. The molecule has 2 heterocycles. The van der Waals surface area contributed by atoms with Gasteiger partial charge in [-0.25, -0.2) is 4.98 Å². The average molecular weight is 291 g/mol. The van der Waals surface area contributed by atoms with Gasteiger partial charge in [0.2, 0.25) is 0 Å². The number of ether oxygens (including phenoxy) is 1. The Bertz CT molecular complexity index is 390. The predicted octanol–water partition coefficient (Wildman–Crippen LogP) is 1.80. The molecule has 0 aliphatic carbocycles. The molecule has 1 aromatic rings. The average Bonchev–Trinajstić information content (AvgIpc) is 2.73. The van der Waals surface area contributed by atoms with Crippen LogP contribution < -0.4 is 5.56 Å². The summed E-state index contributed by atoms with van der Waals surface area (Å²) in [5, 5.41) is 0.731. The number of hydrogen-bond acceptors (Lipinski definition) is 4. The molecule has 6 heteroatoms. The second kappa shape index (κ2) is 5.14. The van der Waals surface area contributed by atoms with Crippen LogP contribution in [0.4, 0.5) is 0 Å². The molecule has 82 valence electrons. The lowest BCUT2D eigenvalue weighted by Crippen LogP contribution is -2.11. The standard InChI is InChI=1S/C9H11BrN2O2S/c10-7-8(13)11-5-12-9(7)15-4-6-2-1-3-14-6/h5-6H,1-4H2,(H,11,12,13). The Morgan fingerprint density at radius 3 is 3.33 bits per heavy atom. The Kier molecular flexibility index (Phi) is 3.82. The van der Waals surface area contributed by atoms with E-state index >= 15 is 0 Å². The van der Waals surface area contributed by atoms with E-state index in [2.05, 4.69) is 25.9 Å². The SMILES string of the molecule is O=c1[nH]cnc(SCC2CCCO2)c1Br. The van der Waals surface area contributed by atoms with Crippen LogP contribution in [0.15, 0.2) is 20.6 Å². The van der Waals surface area contributed by atoms with E-state index in [9.17, 15) is 4.79 Å². The highest BCUT2D eigenvalue weighted by Gasteiger charge is 2.16. The molecule has 2 rings (SSSR count). The van der Waals surface area contributed by atoms with Crippen LogP contribution >= 0.6 is 27.7 Å². The van der Waals surface area contributed by atoms with Crippen LogP contribution in [0.2, 0.25) is 0 Å². The number of halogens is 1. The summed E-state index contributed by atoms with van der Waals surface area (Å²) in [5.74, 6) is 0.856. The van der Waals surface area contributed by atoms with E-state index in [1.807, 2.05) is 0 Å². The van der Waals surface area contributed by atoms with Crippen molar-refractivity contribution in [3.05, 3.63) is 21.2 Å². The highest BCUT2D eigenvalue weighted by molar-refractivity contribution is 9.10. The highest BCUT2D eigenvalue weighted by Crippen LogP contribution is 2.25. The first-order valence-corrected chi connectivity index (χ1v) is 6.53. The van der Waals surface area contributed by atoms with Crippen molar-refractivity contribution in [2.24, 2.45) is 0 Å². The summed E-state index contributed by atoms with van der Waals surface area (Å²) in [5.41, 5.74) is -0.139. The smallest absolute Gasteiger partial charge is 0.266 e. The number of nitrogens with one attached hydrogen (secondary N) is 1. The van der Waals surface area contributed by atoms with Gasteiger partial charge in [0.05, 0.1) is 12.4 Å². The van der Waals surface area contributed by atoms with E-state index in [0.717, 1.165) is 30.2 Å². The number of hydrogen-bond donors (Lipinski definition) is 1. The van der Waals surface area contributed by atoms with Crippen molar-refractivity contribution in [1.82, 2.24) is 9.97 Å². The summed E-state index contributed by atoms with van der Waals surface area (Å²) in [4.78, 5) is 17.9. The minimum absolute atomic E-state index is 0.139. The molecule has 0 bridgehead atoms. The summed E-state index contributed by atoms with van der Waals surface area (Å²) >= 11 is 4.78. The molecule has 1 aliphatic heterocycles. The van der Waals surface area contributed by atoms with Gasteiger partial charge in [-0.1, -0.05) is 0 Å². The van der Waals surface area contributed by atoms with Gasteiger partial charge in [-0.3, -0.25) is 4.79 Å². The number of aromatic amines is 1. The topological polar surface area (TPSA) is 55.0 Å². The summed E-state index contributed by atoms with van der Waals surface area (Å²) in [7, 11) is 0. The van der Waals surface area contributed by atoms with Gasteiger partial charge >= 0.3 is 0 Å². The molecule has 4 nitrogen and oxygen atoms in total. The van der Waals surface area contributed by atoms with Crippen molar-refractivity contribution in [2.75, 3.05) is 12.4 Å². The quantitative estimate of drug-likeness (QED) is 0.681. The molecule has 0 spiro atoms. The first-order chi connectivity index (χ1) is 7.27. The Morgan fingerprint density at radius 1 is 1.73 bits per heavy atom. The summed E-state index contributed by atoms with van der Waals surface area (Å²) < 4.78 is 6.00. The molecule has 1 N–H and O–H groups in total. The van der Waals surface area contributed by atoms with Crippen LogP contribution in [-0.4, -0.2) is 28.4 Å². The van der Waals surface area contributed by atoms with Crippen LogP contribution in [0, 0.1) is 0 Å². The van der Waals surface area contributed by atoms with Crippen molar-refractivity contribution in [3.8, 4) is 0 Å². The molecule has 0 saturated carbocycles. The lowest BCUT2D eigenvalue weighted by Gasteiger charge is -2.08. The number of aromatic nitrogens is 2. The third kappa shape index (κ3) is 2.83. The second-order valence-electron chi connectivity index (χ2n) is 3.30. The fourth-order valence-electron chi connectivity index (χ4n) is 1.41. The third-order valence-corrected chi connectivity index (χ3v) is 4.31. The van der Waals surface area contributed by atoms with Crippen LogP contribution in [0.1, 0.15) is 12.8 Å². The zero-order valence-corrected chi connectivity index (χ0v) is 10.4. The monoisotopic (exact) mass is 290 g/mol. The molecule has 0 amide bonds. The van der Waals surface area contributed by atoms with Crippen molar-refractivity contribution < 1.29 is 4.74 Å². The summed E-state index contributed by atoms with van der Waals surface area (Å²) in [6, 6.07) is 0. The number of nitrogens with zero attached hydrogens (tertiary/aromatic N) is 1. The largest absolute Gasteiger partial charge is 0.377 e. The lowest BCUT2D eigenvalue weighted by atomic mass is 10.3. The van der Waals surface area contributed by atoms with Gasteiger partial charge in [0.25, 0.3) is 5.56 Å². The van der Waals surface area contributed by atoms with E-state index in [0.29, 0.717) is 10.6 Å². The predicted molar refractivity (Wildman–Crippen MR) is 62.3 cm³/mol. The highest BCUT2D eigenvalue weighted by atomic mass is 79.9. The summed E-state index contributed by atoms with van der Waals surface area (Å²) in [6.45, 7) is 0.856. The van der Waals surface area contributed by atoms with Crippen molar-refractivity contribution in [2.45, 2.75) is 24.0 Å². The Balaban J connectivity index is 1.98. The number of thioether (sulfide) groups is 1. The van der Waals surface area contributed by atoms with Crippen molar-refractivity contribution in [3.63, 3.8) is 0 Å². The Morgan fingerprint density at radius 2 is 2.60 bits per heavy atom. The number of H-pyrrole nitrogens is 1. The fraction of sp³-hybridized carbons (Fsp3) is 0.556. The molecule has 0 radical (unpaired) electrons. The Labute approximate surface area is 100.0 Å². The molecule has 1 fully saturated rings. The first-order valence-electron chi connectivity index (χ1n) is 4.75. The van der Waals surface area contributed by atoms with E-state index in [1.54, 1.807) is 11.8 Å². The molecular weight excluding hydrogens is 280 g/mol. The molecular formula is C9H11BrN2O2S. The van der Waals surface area contributed by atoms with Gasteiger partial charge < -0.3 is 9.72 Å². The molecule has 1 unspecified atom stereocenters. The maximum Gasteiger partial charge on any atom is 0.266 e. The minimum atomic E-state index is -0.139. The molecule has 0 aromatic carbocycles. The second-order valence-corrected chi connectivity index (χ2v) is 5.10. The van der Waals surface area contributed by atoms with Gasteiger partial charge in [-0.05, 0) is 28.8 Å². The van der Waals surface area contributed by atoms with Crippen molar-refractivity contribution >= 4 is 27.7 Å².